The highest BCUT2D eigenvalue weighted by atomic mass is 16.2. The molecular formula is C11H21N3O2. The molecule has 5 nitrogen and oxygen atoms in total. The Hall–Kier alpha value is -1.10. The first kappa shape index (κ1) is 13.0. The van der Waals surface area contributed by atoms with Crippen molar-refractivity contribution in [1.82, 2.24) is 9.80 Å². The summed E-state index contributed by atoms with van der Waals surface area (Å²) >= 11 is 0. The molecule has 1 fully saturated rings. The molecule has 0 aliphatic carbocycles. The Morgan fingerprint density at radius 1 is 1.56 bits per heavy atom. The molecule has 2 N–H and O–H groups in total. The van der Waals surface area contributed by atoms with Gasteiger partial charge in [-0.05, 0) is 19.3 Å². The van der Waals surface area contributed by atoms with Crippen LogP contribution in [0.3, 0.4) is 0 Å². The average molecular weight is 227 g/mol. The van der Waals surface area contributed by atoms with Crippen molar-refractivity contribution in [2.24, 2.45) is 11.7 Å². The van der Waals surface area contributed by atoms with Crippen molar-refractivity contribution in [2.45, 2.75) is 26.3 Å². The second-order valence-electron chi connectivity index (χ2n) is 4.63. The van der Waals surface area contributed by atoms with E-state index in [0.29, 0.717) is 5.92 Å². The fraction of sp³-hybridized carbons (Fsp3) is 0.818. The molecule has 2 amide bonds. The van der Waals surface area contributed by atoms with Gasteiger partial charge in [-0.1, -0.05) is 0 Å². The summed E-state index contributed by atoms with van der Waals surface area (Å²) in [5, 5.41) is 0. The summed E-state index contributed by atoms with van der Waals surface area (Å²) in [7, 11) is 1.79. The number of carbonyl (C=O) groups is 2. The summed E-state index contributed by atoms with van der Waals surface area (Å²) in [4.78, 5) is 26.2. The van der Waals surface area contributed by atoms with Crippen LogP contribution in [0.25, 0.3) is 0 Å². The number of nitrogens with zero attached hydrogens (tertiary/aromatic N) is 2. The van der Waals surface area contributed by atoms with Gasteiger partial charge in [0, 0.05) is 33.6 Å². The molecule has 1 unspecified atom stereocenters. The van der Waals surface area contributed by atoms with Crippen LogP contribution in [0, 0.1) is 5.92 Å². The van der Waals surface area contributed by atoms with Crippen LogP contribution in [0.5, 0.6) is 0 Å². The fourth-order valence-electron chi connectivity index (χ4n) is 1.99. The summed E-state index contributed by atoms with van der Waals surface area (Å²) in [5.74, 6) is 0.460. The third-order valence-electron chi connectivity index (χ3n) is 3.06. The van der Waals surface area contributed by atoms with Crippen molar-refractivity contribution in [3.8, 4) is 0 Å². The summed E-state index contributed by atoms with van der Waals surface area (Å²) in [5.41, 5.74) is 5.55. The van der Waals surface area contributed by atoms with Crippen LogP contribution in [0.2, 0.25) is 0 Å². The van der Waals surface area contributed by atoms with Gasteiger partial charge in [0.25, 0.3) is 0 Å². The van der Waals surface area contributed by atoms with Gasteiger partial charge >= 0.3 is 0 Å². The molecule has 0 spiro atoms. The molecule has 92 valence electrons. The normalized spacial score (nSPS) is 22.0. The molecule has 1 aliphatic heterocycles. The van der Waals surface area contributed by atoms with Crippen LogP contribution >= 0.6 is 0 Å². The minimum atomic E-state index is -0.427. The van der Waals surface area contributed by atoms with E-state index in [1.54, 1.807) is 30.7 Å². The first-order valence-corrected chi connectivity index (χ1v) is 5.68. The maximum Gasteiger partial charge on any atom is 0.239 e. The van der Waals surface area contributed by atoms with Crippen LogP contribution in [0.1, 0.15) is 20.3 Å². The van der Waals surface area contributed by atoms with E-state index in [1.807, 2.05) is 0 Å². The monoisotopic (exact) mass is 227 g/mol. The first-order chi connectivity index (χ1) is 7.41. The number of carbonyl (C=O) groups excluding carboxylic acids is 2. The molecule has 0 aromatic carbocycles. The van der Waals surface area contributed by atoms with E-state index in [9.17, 15) is 9.59 Å². The minimum absolute atomic E-state index is 0.00739. The van der Waals surface area contributed by atoms with E-state index in [2.05, 4.69) is 0 Å². The van der Waals surface area contributed by atoms with Gasteiger partial charge in [0.15, 0.2) is 0 Å². The van der Waals surface area contributed by atoms with E-state index in [1.165, 1.54) is 0 Å². The summed E-state index contributed by atoms with van der Waals surface area (Å²) in [6.45, 7) is 5.46. The van der Waals surface area contributed by atoms with Gasteiger partial charge in [0.2, 0.25) is 11.8 Å². The Morgan fingerprint density at radius 3 is 2.69 bits per heavy atom. The van der Waals surface area contributed by atoms with Gasteiger partial charge in [-0.25, -0.2) is 0 Å². The highest BCUT2D eigenvalue weighted by molar-refractivity contribution is 5.81. The quantitative estimate of drug-likeness (QED) is 0.717. The van der Waals surface area contributed by atoms with Crippen LogP contribution in [-0.2, 0) is 9.59 Å². The van der Waals surface area contributed by atoms with Crippen molar-refractivity contribution in [1.29, 1.82) is 0 Å². The second kappa shape index (κ2) is 5.30. The highest BCUT2D eigenvalue weighted by Gasteiger charge is 2.28. The Morgan fingerprint density at radius 2 is 2.19 bits per heavy atom. The van der Waals surface area contributed by atoms with Crippen molar-refractivity contribution in [3.05, 3.63) is 0 Å². The molecule has 0 aromatic heterocycles. The van der Waals surface area contributed by atoms with Crippen molar-refractivity contribution in [3.63, 3.8) is 0 Å². The topological polar surface area (TPSA) is 66.6 Å². The van der Waals surface area contributed by atoms with Crippen LogP contribution < -0.4 is 5.73 Å². The predicted molar refractivity (Wildman–Crippen MR) is 61.6 cm³/mol. The smallest absolute Gasteiger partial charge is 0.239 e. The number of nitrogens with two attached hydrogens (primary N) is 1. The molecule has 1 heterocycles. The second-order valence-corrected chi connectivity index (χ2v) is 4.63. The number of hydrogen-bond donors (Lipinski definition) is 1. The molecule has 1 aliphatic rings. The van der Waals surface area contributed by atoms with E-state index in [-0.39, 0.29) is 11.8 Å². The Bertz CT molecular complexity index is 278. The van der Waals surface area contributed by atoms with E-state index >= 15 is 0 Å². The van der Waals surface area contributed by atoms with Crippen molar-refractivity contribution in [2.75, 3.05) is 26.7 Å². The van der Waals surface area contributed by atoms with E-state index < -0.39 is 6.04 Å². The lowest BCUT2D eigenvalue weighted by Gasteiger charge is -2.21. The number of hydrogen-bond acceptors (Lipinski definition) is 3. The molecule has 0 bridgehead atoms. The molecular weight excluding hydrogens is 206 g/mol. The molecule has 2 atom stereocenters. The molecule has 1 saturated heterocycles. The van der Waals surface area contributed by atoms with Gasteiger partial charge < -0.3 is 15.5 Å². The molecule has 0 saturated carbocycles. The van der Waals surface area contributed by atoms with Gasteiger partial charge in [0.05, 0.1) is 6.04 Å². The largest absolute Gasteiger partial charge is 0.346 e. The Balaban J connectivity index is 2.41. The zero-order chi connectivity index (χ0) is 12.3. The molecule has 16 heavy (non-hydrogen) atoms. The van der Waals surface area contributed by atoms with Crippen LogP contribution in [0.4, 0.5) is 0 Å². The summed E-state index contributed by atoms with van der Waals surface area (Å²) in [6, 6.07) is -0.427. The zero-order valence-electron chi connectivity index (χ0n) is 10.3. The molecule has 1 rings (SSSR count). The average Bonchev–Trinajstić information content (AvgIpc) is 2.64. The standard InChI is InChI=1S/C11H21N3O2/c1-8(12)11(16)14-5-4-10(7-14)6-13(3)9(2)15/h8,10H,4-7,12H2,1-3H3/t8-,10?/m0/s1. The predicted octanol–water partition coefficient (Wildman–Crippen LogP) is -0.340. The number of likely N-dealkylation sites (tertiary alicyclic amines) is 1. The SMILES string of the molecule is CC(=O)N(C)CC1CCN(C(=O)[C@H](C)N)C1. The zero-order valence-corrected chi connectivity index (χ0v) is 10.3. The summed E-state index contributed by atoms with van der Waals surface area (Å²) in [6.07, 6.45) is 0.954. The van der Waals surface area contributed by atoms with E-state index in [4.69, 9.17) is 5.73 Å². The lowest BCUT2D eigenvalue weighted by atomic mass is 10.1. The Kier molecular flexibility index (Phi) is 4.29. The van der Waals surface area contributed by atoms with Crippen LogP contribution in [-0.4, -0.2) is 54.3 Å². The molecule has 0 aromatic rings. The molecule has 0 radical (unpaired) electrons. The maximum absolute atomic E-state index is 11.6. The van der Waals surface area contributed by atoms with Gasteiger partial charge in [-0.3, -0.25) is 9.59 Å². The van der Waals surface area contributed by atoms with Crippen LogP contribution in [0.15, 0.2) is 0 Å². The third kappa shape index (κ3) is 3.20. The van der Waals surface area contributed by atoms with E-state index in [0.717, 1.165) is 26.1 Å². The van der Waals surface area contributed by atoms with Crippen molar-refractivity contribution >= 4 is 11.8 Å². The lowest BCUT2D eigenvalue weighted by molar-refractivity contribution is -0.131. The van der Waals surface area contributed by atoms with Crippen molar-refractivity contribution < 1.29 is 9.59 Å². The molecule has 5 heteroatoms. The maximum atomic E-state index is 11.6. The number of amides is 2. The highest BCUT2D eigenvalue weighted by Crippen LogP contribution is 2.17. The third-order valence-corrected chi connectivity index (χ3v) is 3.06. The van der Waals surface area contributed by atoms with Gasteiger partial charge in [-0.15, -0.1) is 0 Å². The van der Waals surface area contributed by atoms with Gasteiger partial charge in [0.1, 0.15) is 0 Å². The summed E-state index contributed by atoms with van der Waals surface area (Å²) < 4.78 is 0. The minimum Gasteiger partial charge on any atom is -0.346 e. The van der Waals surface area contributed by atoms with Gasteiger partial charge in [-0.2, -0.15) is 0 Å². The lowest BCUT2D eigenvalue weighted by Crippen LogP contribution is -2.41. The Labute approximate surface area is 96.6 Å². The number of rotatable bonds is 3. The fourth-order valence-corrected chi connectivity index (χ4v) is 1.99. The first-order valence-electron chi connectivity index (χ1n) is 5.68.